The van der Waals surface area contributed by atoms with Crippen molar-refractivity contribution in [2.24, 2.45) is 5.41 Å². The van der Waals surface area contributed by atoms with Crippen molar-refractivity contribution in [3.05, 3.63) is 39.7 Å². The number of benzene rings is 1. The van der Waals surface area contributed by atoms with Gasteiger partial charge in [0.25, 0.3) is 5.69 Å². The number of nitrogens with zero attached hydrogens (tertiary/aromatic N) is 1. The van der Waals surface area contributed by atoms with Crippen LogP contribution in [0.3, 0.4) is 0 Å². The van der Waals surface area contributed by atoms with Gasteiger partial charge in [-0.25, -0.2) is 4.39 Å². The first-order valence-corrected chi connectivity index (χ1v) is 6.21. The maximum Gasteiger partial charge on any atom is 0.272 e. The number of non-ortho nitro benzene ring substituents is 1. The molecule has 0 aliphatic rings. The van der Waals surface area contributed by atoms with Crippen molar-refractivity contribution in [2.45, 2.75) is 39.0 Å². The molecule has 0 radical (unpaired) electrons. The average Bonchev–Trinajstić information content (AvgIpc) is 2.23. The third kappa shape index (κ3) is 4.26. The smallest absolute Gasteiger partial charge is 0.258 e. The predicted octanol–water partition coefficient (Wildman–Crippen LogP) is 4.32. The fourth-order valence-corrected chi connectivity index (χ4v) is 1.72. The van der Waals surface area contributed by atoms with E-state index < -0.39 is 10.7 Å². The predicted molar refractivity (Wildman–Crippen MR) is 70.5 cm³/mol. The van der Waals surface area contributed by atoms with E-state index >= 15 is 0 Å². The van der Waals surface area contributed by atoms with Gasteiger partial charge < -0.3 is 0 Å². The van der Waals surface area contributed by atoms with Crippen LogP contribution in [0.2, 0.25) is 0 Å². The number of alkyl halides is 1. The summed E-state index contributed by atoms with van der Waals surface area (Å²) in [6, 6.07) is 3.64. The van der Waals surface area contributed by atoms with Gasteiger partial charge in [-0.2, -0.15) is 0 Å². The highest BCUT2D eigenvalue weighted by molar-refractivity contribution is 6.21. The van der Waals surface area contributed by atoms with E-state index in [0.29, 0.717) is 18.4 Å². The van der Waals surface area contributed by atoms with Crippen LogP contribution in [0.15, 0.2) is 18.2 Å². The maximum atomic E-state index is 13.2. The Labute approximate surface area is 111 Å². The van der Waals surface area contributed by atoms with E-state index in [-0.39, 0.29) is 16.5 Å². The highest BCUT2D eigenvalue weighted by Crippen LogP contribution is 2.28. The normalized spacial score (nSPS) is 13.4. The van der Waals surface area contributed by atoms with E-state index in [9.17, 15) is 14.5 Å². The van der Waals surface area contributed by atoms with E-state index in [0.717, 1.165) is 6.07 Å². The lowest BCUT2D eigenvalue weighted by atomic mass is 9.88. The van der Waals surface area contributed by atoms with E-state index in [1.54, 1.807) is 0 Å². The lowest BCUT2D eigenvalue weighted by Gasteiger charge is -2.24. The maximum absolute atomic E-state index is 13.2. The number of rotatable bonds is 4. The van der Waals surface area contributed by atoms with E-state index in [1.165, 1.54) is 12.1 Å². The third-order valence-corrected chi connectivity index (χ3v) is 3.65. The largest absolute Gasteiger partial charge is 0.272 e. The molecule has 1 aromatic carbocycles. The lowest BCUT2D eigenvalue weighted by molar-refractivity contribution is -0.385. The number of hydrogen-bond donors (Lipinski definition) is 0. The molecule has 0 saturated heterocycles. The SMILES string of the molecule is CC(C)(C)C(Cl)CCc1cc(F)cc([N+](=O)[O-])c1. The van der Waals surface area contributed by atoms with E-state index in [2.05, 4.69) is 0 Å². The molecular formula is C13H17ClFNO2. The Morgan fingerprint density at radius 1 is 1.39 bits per heavy atom. The summed E-state index contributed by atoms with van der Waals surface area (Å²) in [4.78, 5) is 10.0. The van der Waals surface area contributed by atoms with Crippen molar-refractivity contribution in [2.75, 3.05) is 0 Å². The summed E-state index contributed by atoms with van der Waals surface area (Å²) in [6.07, 6.45) is 1.19. The Kier molecular flexibility index (Phi) is 4.68. The Morgan fingerprint density at radius 2 is 2.00 bits per heavy atom. The first-order valence-electron chi connectivity index (χ1n) is 5.78. The van der Waals surface area contributed by atoms with Crippen LogP contribution < -0.4 is 0 Å². The topological polar surface area (TPSA) is 43.1 Å². The Bertz CT molecular complexity index is 443. The highest BCUT2D eigenvalue weighted by atomic mass is 35.5. The molecule has 0 N–H and O–H groups in total. The Balaban J connectivity index is 2.77. The molecule has 0 saturated carbocycles. The van der Waals surface area contributed by atoms with E-state index in [1.807, 2.05) is 20.8 Å². The fraction of sp³-hybridized carbons (Fsp3) is 0.538. The standard InChI is InChI=1S/C13H17ClFNO2/c1-13(2,3)12(14)5-4-9-6-10(15)8-11(7-9)16(17)18/h6-8,12H,4-5H2,1-3H3. The summed E-state index contributed by atoms with van der Waals surface area (Å²) >= 11 is 6.22. The van der Waals surface area contributed by atoms with Crippen molar-refractivity contribution in [1.82, 2.24) is 0 Å². The van der Waals surface area contributed by atoms with Crippen LogP contribution in [0, 0.1) is 21.3 Å². The molecule has 1 aromatic rings. The molecule has 3 nitrogen and oxygen atoms in total. The molecule has 0 fully saturated rings. The zero-order valence-electron chi connectivity index (χ0n) is 10.7. The van der Waals surface area contributed by atoms with Crippen LogP contribution in [0.1, 0.15) is 32.8 Å². The quantitative estimate of drug-likeness (QED) is 0.466. The summed E-state index contributed by atoms with van der Waals surface area (Å²) in [6.45, 7) is 6.08. The summed E-state index contributed by atoms with van der Waals surface area (Å²) in [5.74, 6) is -0.582. The summed E-state index contributed by atoms with van der Waals surface area (Å²) in [7, 11) is 0. The molecule has 0 aliphatic heterocycles. The molecule has 0 bridgehead atoms. The first-order chi connectivity index (χ1) is 8.20. The van der Waals surface area contributed by atoms with Crippen molar-refractivity contribution in [3.8, 4) is 0 Å². The lowest BCUT2D eigenvalue weighted by Crippen LogP contribution is -2.21. The van der Waals surface area contributed by atoms with Crippen LogP contribution >= 0.6 is 11.6 Å². The van der Waals surface area contributed by atoms with Crippen LogP contribution in [0.5, 0.6) is 0 Å². The number of aryl methyl sites for hydroxylation is 1. The highest BCUT2D eigenvalue weighted by Gasteiger charge is 2.22. The van der Waals surface area contributed by atoms with Gasteiger partial charge in [-0.15, -0.1) is 11.6 Å². The number of hydrogen-bond acceptors (Lipinski definition) is 2. The molecule has 5 heteroatoms. The monoisotopic (exact) mass is 273 g/mol. The molecule has 0 aliphatic carbocycles. The average molecular weight is 274 g/mol. The number of nitro groups is 1. The molecule has 1 atom stereocenters. The number of nitro benzene ring substituents is 1. The first kappa shape index (κ1) is 14.9. The Hall–Kier alpha value is -1.16. The minimum Gasteiger partial charge on any atom is -0.258 e. The second kappa shape index (κ2) is 5.65. The number of halogens is 2. The van der Waals surface area contributed by atoms with Gasteiger partial charge in [-0.3, -0.25) is 10.1 Å². The zero-order valence-corrected chi connectivity index (χ0v) is 11.5. The zero-order chi connectivity index (χ0) is 13.9. The van der Waals surface area contributed by atoms with Crippen molar-refractivity contribution in [3.63, 3.8) is 0 Å². The molecule has 100 valence electrons. The fourth-order valence-electron chi connectivity index (χ4n) is 1.61. The molecule has 1 rings (SSSR count). The molecule has 0 aromatic heterocycles. The van der Waals surface area contributed by atoms with Gasteiger partial charge >= 0.3 is 0 Å². The summed E-state index contributed by atoms with van der Waals surface area (Å²) < 4.78 is 13.2. The Morgan fingerprint density at radius 3 is 2.50 bits per heavy atom. The molecule has 1 unspecified atom stereocenters. The second-order valence-electron chi connectivity index (χ2n) is 5.45. The summed E-state index contributed by atoms with van der Waals surface area (Å²) in [5, 5.41) is 10.6. The van der Waals surface area contributed by atoms with Gasteiger partial charge in [0.1, 0.15) is 5.82 Å². The van der Waals surface area contributed by atoms with Crippen molar-refractivity contribution < 1.29 is 9.31 Å². The molecular weight excluding hydrogens is 257 g/mol. The van der Waals surface area contributed by atoms with Crippen molar-refractivity contribution in [1.29, 1.82) is 0 Å². The van der Waals surface area contributed by atoms with Gasteiger partial charge in [-0.1, -0.05) is 20.8 Å². The second-order valence-corrected chi connectivity index (χ2v) is 5.97. The molecule has 0 heterocycles. The van der Waals surface area contributed by atoms with Crippen LogP contribution in [-0.2, 0) is 6.42 Å². The molecule has 0 amide bonds. The van der Waals surface area contributed by atoms with E-state index in [4.69, 9.17) is 11.6 Å². The van der Waals surface area contributed by atoms with Gasteiger partial charge in [0.15, 0.2) is 0 Å². The van der Waals surface area contributed by atoms with Gasteiger partial charge in [0.2, 0.25) is 0 Å². The minimum absolute atomic E-state index is 0.0409. The summed E-state index contributed by atoms with van der Waals surface area (Å²) in [5.41, 5.74) is 0.351. The van der Waals surface area contributed by atoms with Crippen LogP contribution in [0.4, 0.5) is 10.1 Å². The minimum atomic E-state index is -0.589. The molecule has 18 heavy (non-hydrogen) atoms. The van der Waals surface area contributed by atoms with Gasteiger partial charge in [0.05, 0.1) is 11.0 Å². The van der Waals surface area contributed by atoms with Crippen molar-refractivity contribution >= 4 is 17.3 Å². The van der Waals surface area contributed by atoms with Crippen LogP contribution in [-0.4, -0.2) is 10.3 Å². The van der Waals surface area contributed by atoms with Gasteiger partial charge in [-0.05, 0) is 29.9 Å². The molecule has 0 spiro atoms. The van der Waals surface area contributed by atoms with Gasteiger partial charge in [0, 0.05) is 11.4 Å². The van der Waals surface area contributed by atoms with Crippen LogP contribution in [0.25, 0.3) is 0 Å². The third-order valence-electron chi connectivity index (χ3n) is 2.78.